The lowest BCUT2D eigenvalue weighted by atomic mass is 10.1. The molecular formula is C17H17ClN2O3. The van der Waals surface area contributed by atoms with Gasteiger partial charge in [-0.2, -0.15) is 5.10 Å². The second kappa shape index (κ2) is 8.19. The minimum absolute atomic E-state index is 0.155. The molecule has 0 aliphatic heterocycles. The maximum atomic E-state index is 11.8. The van der Waals surface area contributed by atoms with Crippen LogP contribution in [0.3, 0.4) is 0 Å². The highest BCUT2D eigenvalue weighted by molar-refractivity contribution is 6.30. The van der Waals surface area contributed by atoms with Crippen LogP contribution in [0.4, 0.5) is 0 Å². The Bertz CT molecular complexity index is 699. The van der Waals surface area contributed by atoms with E-state index in [1.165, 1.54) is 0 Å². The molecule has 0 saturated carbocycles. The van der Waals surface area contributed by atoms with Gasteiger partial charge in [0.2, 0.25) is 0 Å². The zero-order chi connectivity index (χ0) is 16.7. The van der Waals surface area contributed by atoms with Crippen molar-refractivity contribution in [1.82, 2.24) is 5.43 Å². The number of carbonyl (C=O) groups is 1. The van der Waals surface area contributed by atoms with Crippen molar-refractivity contribution in [1.29, 1.82) is 0 Å². The van der Waals surface area contributed by atoms with Crippen molar-refractivity contribution >= 4 is 23.2 Å². The zero-order valence-corrected chi connectivity index (χ0v) is 13.6. The van der Waals surface area contributed by atoms with Crippen LogP contribution in [-0.2, 0) is 4.79 Å². The van der Waals surface area contributed by atoms with Crippen LogP contribution in [0.2, 0.25) is 5.02 Å². The highest BCUT2D eigenvalue weighted by Crippen LogP contribution is 2.25. The van der Waals surface area contributed by atoms with Crippen LogP contribution in [0.1, 0.15) is 12.5 Å². The molecule has 0 heterocycles. The maximum Gasteiger partial charge on any atom is 0.277 e. The van der Waals surface area contributed by atoms with Gasteiger partial charge in [0.25, 0.3) is 5.91 Å². The van der Waals surface area contributed by atoms with Gasteiger partial charge in [0.15, 0.2) is 18.1 Å². The predicted molar refractivity (Wildman–Crippen MR) is 90.3 cm³/mol. The van der Waals surface area contributed by atoms with E-state index in [4.69, 9.17) is 21.1 Å². The first kappa shape index (κ1) is 16.8. The third kappa shape index (κ3) is 5.00. The fourth-order valence-electron chi connectivity index (χ4n) is 1.82. The van der Waals surface area contributed by atoms with Gasteiger partial charge in [0, 0.05) is 5.02 Å². The van der Waals surface area contributed by atoms with E-state index in [1.54, 1.807) is 44.4 Å². The van der Waals surface area contributed by atoms with E-state index in [9.17, 15) is 4.79 Å². The Balaban J connectivity index is 1.89. The summed E-state index contributed by atoms with van der Waals surface area (Å²) in [6.45, 7) is 1.64. The van der Waals surface area contributed by atoms with Gasteiger partial charge in [-0.05, 0) is 36.8 Å². The largest absolute Gasteiger partial charge is 0.493 e. The lowest BCUT2D eigenvalue weighted by Gasteiger charge is -2.09. The fourth-order valence-corrected chi connectivity index (χ4v) is 1.94. The van der Waals surface area contributed by atoms with Gasteiger partial charge in [-0.3, -0.25) is 4.79 Å². The Labute approximate surface area is 139 Å². The third-order valence-electron chi connectivity index (χ3n) is 3.04. The van der Waals surface area contributed by atoms with E-state index in [1.807, 2.05) is 18.2 Å². The highest BCUT2D eigenvalue weighted by Gasteiger charge is 2.06. The van der Waals surface area contributed by atoms with Crippen molar-refractivity contribution in [2.75, 3.05) is 13.7 Å². The van der Waals surface area contributed by atoms with Gasteiger partial charge in [-0.1, -0.05) is 35.9 Å². The van der Waals surface area contributed by atoms with E-state index in [0.717, 1.165) is 5.56 Å². The van der Waals surface area contributed by atoms with E-state index < -0.39 is 0 Å². The molecule has 0 spiro atoms. The van der Waals surface area contributed by atoms with Crippen molar-refractivity contribution in [3.8, 4) is 11.5 Å². The number of benzene rings is 2. The van der Waals surface area contributed by atoms with Crippen LogP contribution in [0.25, 0.3) is 0 Å². The summed E-state index contributed by atoms with van der Waals surface area (Å²) in [7, 11) is 1.54. The van der Waals surface area contributed by atoms with Crippen LogP contribution in [0, 0.1) is 0 Å². The molecule has 6 heteroatoms. The maximum absolute atomic E-state index is 11.8. The molecule has 5 nitrogen and oxygen atoms in total. The lowest BCUT2D eigenvalue weighted by Crippen LogP contribution is -2.25. The number of para-hydroxylation sites is 2. The first-order chi connectivity index (χ1) is 11.1. The topological polar surface area (TPSA) is 59.9 Å². The van der Waals surface area contributed by atoms with E-state index in [0.29, 0.717) is 22.2 Å². The number of ether oxygens (including phenoxy) is 2. The molecule has 0 aromatic heterocycles. The minimum atomic E-state index is -0.357. The van der Waals surface area contributed by atoms with Crippen molar-refractivity contribution in [2.45, 2.75) is 6.92 Å². The molecule has 1 amide bonds. The average Bonchev–Trinajstić information content (AvgIpc) is 2.58. The Morgan fingerprint density at radius 2 is 1.78 bits per heavy atom. The van der Waals surface area contributed by atoms with Crippen molar-refractivity contribution in [2.24, 2.45) is 5.10 Å². The second-order valence-electron chi connectivity index (χ2n) is 4.68. The highest BCUT2D eigenvalue weighted by atomic mass is 35.5. The number of hydrogen-bond acceptors (Lipinski definition) is 4. The van der Waals surface area contributed by atoms with Gasteiger partial charge in [-0.25, -0.2) is 5.43 Å². The van der Waals surface area contributed by atoms with E-state index >= 15 is 0 Å². The first-order valence-corrected chi connectivity index (χ1v) is 7.33. The Morgan fingerprint density at radius 3 is 2.43 bits per heavy atom. The zero-order valence-electron chi connectivity index (χ0n) is 12.9. The number of methoxy groups -OCH3 is 1. The summed E-state index contributed by atoms with van der Waals surface area (Å²) in [5, 5.41) is 4.69. The summed E-state index contributed by atoms with van der Waals surface area (Å²) in [4.78, 5) is 11.8. The molecule has 0 aliphatic carbocycles. The van der Waals surface area contributed by atoms with Crippen LogP contribution < -0.4 is 14.9 Å². The first-order valence-electron chi connectivity index (χ1n) is 6.95. The molecule has 0 radical (unpaired) electrons. The fraction of sp³-hybridized carbons (Fsp3) is 0.176. The standard InChI is InChI=1S/C17H17ClN2O3/c1-12(13-7-9-14(18)10-8-13)19-20-17(21)11-23-16-6-4-3-5-15(16)22-2/h3-10H,11H2,1-2H3,(H,20,21). The molecule has 120 valence electrons. The van der Waals surface area contributed by atoms with Crippen LogP contribution in [-0.4, -0.2) is 25.3 Å². The third-order valence-corrected chi connectivity index (χ3v) is 3.29. The van der Waals surface area contributed by atoms with Gasteiger partial charge < -0.3 is 9.47 Å². The summed E-state index contributed by atoms with van der Waals surface area (Å²) >= 11 is 5.83. The summed E-state index contributed by atoms with van der Waals surface area (Å²) in [5.41, 5.74) is 4.00. The quantitative estimate of drug-likeness (QED) is 0.652. The monoisotopic (exact) mass is 332 g/mol. The summed E-state index contributed by atoms with van der Waals surface area (Å²) in [6.07, 6.45) is 0. The molecule has 0 fully saturated rings. The molecule has 2 aromatic carbocycles. The van der Waals surface area contributed by atoms with E-state index in [-0.39, 0.29) is 12.5 Å². The van der Waals surface area contributed by atoms with Crippen LogP contribution in [0.5, 0.6) is 11.5 Å². The molecule has 0 saturated heterocycles. The van der Waals surface area contributed by atoms with Crippen LogP contribution in [0.15, 0.2) is 53.6 Å². The number of hydrogen-bond donors (Lipinski definition) is 1. The predicted octanol–water partition coefficient (Wildman–Crippen LogP) is 3.27. The molecular weight excluding hydrogens is 316 g/mol. The normalized spacial score (nSPS) is 11.0. The number of nitrogens with one attached hydrogen (secondary N) is 1. The number of rotatable bonds is 6. The van der Waals surface area contributed by atoms with Gasteiger partial charge in [0.1, 0.15) is 0 Å². The van der Waals surface area contributed by atoms with Gasteiger partial charge in [-0.15, -0.1) is 0 Å². The van der Waals surface area contributed by atoms with Gasteiger partial charge in [0.05, 0.1) is 12.8 Å². The Kier molecular flexibility index (Phi) is 6.00. The number of hydrazone groups is 1. The molecule has 0 bridgehead atoms. The van der Waals surface area contributed by atoms with E-state index in [2.05, 4.69) is 10.5 Å². The molecule has 0 unspecified atom stereocenters. The summed E-state index contributed by atoms with van der Waals surface area (Å²) in [5.74, 6) is 0.717. The molecule has 1 N–H and O–H groups in total. The molecule has 0 aliphatic rings. The Hall–Kier alpha value is -2.53. The summed E-state index contributed by atoms with van der Waals surface area (Å²) < 4.78 is 10.6. The van der Waals surface area contributed by atoms with Crippen molar-refractivity contribution in [3.05, 3.63) is 59.1 Å². The lowest BCUT2D eigenvalue weighted by molar-refractivity contribution is -0.123. The molecule has 2 aromatic rings. The van der Waals surface area contributed by atoms with Crippen molar-refractivity contribution in [3.63, 3.8) is 0 Å². The molecule has 0 atom stereocenters. The van der Waals surface area contributed by atoms with Crippen molar-refractivity contribution < 1.29 is 14.3 Å². The summed E-state index contributed by atoms with van der Waals surface area (Å²) in [6, 6.07) is 14.3. The number of amides is 1. The number of carbonyl (C=O) groups excluding carboxylic acids is 1. The second-order valence-corrected chi connectivity index (χ2v) is 5.12. The average molecular weight is 333 g/mol. The minimum Gasteiger partial charge on any atom is -0.493 e. The Morgan fingerprint density at radius 1 is 1.13 bits per heavy atom. The SMILES string of the molecule is COc1ccccc1OCC(=O)NN=C(C)c1ccc(Cl)cc1. The smallest absolute Gasteiger partial charge is 0.277 e. The molecule has 23 heavy (non-hydrogen) atoms. The molecule has 2 rings (SSSR count). The van der Waals surface area contributed by atoms with Gasteiger partial charge >= 0.3 is 0 Å². The van der Waals surface area contributed by atoms with Crippen LogP contribution >= 0.6 is 11.6 Å². The number of halogens is 1. The number of nitrogens with zero attached hydrogens (tertiary/aromatic N) is 1.